The van der Waals surface area contributed by atoms with Crippen LogP contribution in [-0.4, -0.2) is 18.9 Å². The molecule has 0 amide bonds. The quantitative estimate of drug-likeness (QED) is 0.428. The molecule has 0 saturated carbocycles. The fraction of sp³-hybridized carbons (Fsp3) is 0.143. The van der Waals surface area contributed by atoms with Crippen molar-refractivity contribution in [2.45, 2.75) is 6.92 Å². The molecule has 1 aromatic rings. The van der Waals surface area contributed by atoms with Crippen LogP contribution in [0.5, 0.6) is 0 Å². The molecule has 0 atom stereocenters. The molecule has 8 heavy (non-hydrogen) atoms. The SMILES string of the molecule is Cc1cc[c]cc1.[LiH]. The fourth-order valence-electron chi connectivity index (χ4n) is 0.470. The molecule has 0 aliphatic carbocycles. The summed E-state index contributed by atoms with van der Waals surface area (Å²) >= 11 is 0. The maximum absolute atomic E-state index is 2.93. The van der Waals surface area contributed by atoms with Gasteiger partial charge in [0.05, 0.1) is 0 Å². The number of hydrogen-bond acceptors (Lipinski definition) is 0. The van der Waals surface area contributed by atoms with Crippen LogP contribution in [0.25, 0.3) is 0 Å². The molecule has 37 valence electrons. The average Bonchev–Trinajstić information content (AvgIpc) is 1.69. The van der Waals surface area contributed by atoms with Crippen molar-refractivity contribution in [2.75, 3.05) is 0 Å². The van der Waals surface area contributed by atoms with Crippen molar-refractivity contribution in [3.63, 3.8) is 0 Å². The number of rotatable bonds is 0. The predicted molar refractivity (Wildman–Crippen MR) is 37.2 cm³/mol. The van der Waals surface area contributed by atoms with Crippen LogP contribution in [0.15, 0.2) is 24.3 Å². The summed E-state index contributed by atoms with van der Waals surface area (Å²) in [5, 5.41) is 0. The molecule has 0 N–H and O–H groups in total. The first-order chi connectivity index (χ1) is 3.39. The molecule has 0 aliphatic heterocycles. The monoisotopic (exact) mass is 99.1 g/mol. The van der Waals surface area contributed by atoms with Crippen LogP contribution in [0.1, 0.15) is 5.56 Å². The normalized spacial score (nSPS) is 7.62. The summed E-state index contributed by atoms with van der Waals surface area (Å²) in [5.74, 6) is 0. The zero-order valence-electron chi connectivity index (χ0n) is 4.31. The van der Waals surface area contributed by atoms with Gasteiger partial charge in [-0.1, -0.05) is 29.8 Å². The molecule has 1 aromatic carbocycles. The van der Waals surface area contributed by atoms with Crippen LogP contribution < -0.4 is 0 Å². The summed E-state index contributed by atoms with van der Waals surface area (Å²) in [6.45, 7) is 2.06. The molecule has 0 aromatic heterocycles. The molecule has 1 rings (SSSR count). The van der Waals surface area contributed by atoms with Crippen molar-refractivity contribution in [1.29, 1.82) is 0 Å². The van der Waals surface area contributed by atoms with E-state index in [-0.39, 0.29) is 18.9 Å². The number of aryl methyl sites for hydroxylation is 1. The number of hydrogen-bond donors (Lipinski definition) is 0. The summed E-state index contributed by atoms with van der Waals surface area (Å²) < 4.78 is 0. The van der Waals surface area contributed by atoms with Gasteiger partial charge >= 0.3 is 18.9 Å². The molecule has 0 unspecified atom stereocenters. The van der Waals surface area contributed by atoms with Gasteiger partial charge < -0.3 is 0 Å². The van der Waals surface area contributed by atoms with E-state index in [2.05, 4.69) is 13.0 Å². The van der Waals surface area contributed by atoms with E-state index in [1.807, 2.05) is 24.3 Å². The van der Waals surface area contributed by atoms with E-state index in [9.17, 15) is 0 Å². The Morgan fingerprint density at radius 2 is 1.75 bits per heavy atom. The van der Waals surface area contributed by atoms with Crippen LogP contribution in [0, 0.1) is 13.0 Å². The zero-order valence-corrected chi connectivity index (χ0v) is 4.31. The van der Waals surface area contributed by atoms with Gasteiger partial charge in [-0.25, -0.2) is 0 Å². The summed E-state index contributed by atoms with van der Waals surface area (Å²) in [6.07, 6.45) is 0. The molecule has 0 bridgehead atoms. The Balaban J connectivity index is 0.000000490. The minimum atomic E-state index is 0. The van der Waals surface area contributed by atoms with Gasteiger partial charge in [0.1, 0.15) is 0 Å². The van der Waals surface area contributed by atoms with E-state index in [4.69, 9.17) is 0 Å². The van der Waals surface area contributed by atoms with Crippen LogP contribution >= 0.6 is 0 Å². The van der Waals surface area contributed by atoms with Gasteiger partial charge in [0.25, 0.3) is 0 Å². The number of benzene rings is 1. The van der Waals surface area contributed by atoms with E-state index in [1.54, 1.807) is 0 Å². The van der Waals surface area contributed by atoms with Gasteiger partial charge in [0.2, 0.25) is 0 Å². The van der Waals surface area contributed by atoms with Crippen LogP contribution in [-0.2, 0) is 0 Å². The molecule has 0 aliphatic rings. The Bertz CT molecular complexity index is 134. The Morgan fingerprint density at radius 1 is 1.25 bits per heavy atom. The predicted octanol–water partition coefficient (Wildman–Crippen LogP) is 1.15. The van der Waals surface area contributed by atoms with Gasteiger partial charge in [-0.05, 0) is 13.0 Å². The standard InChI is InChI=1S/C7H7.Li.H/c1-7-5-3-2-4-6-7;;/h3-6H,1H3;;. The van der Waals surface area contributed by atoms with Crippen LogP contribution in [0.4, 0.5) is 0 Å². The molecular formula is C7H8Li. The van der Waals surface area contributed by atoms with Crippen LogP contribution in [0.3, 0.4) is 0 Å². The molecule has 1 radical (unpaired) electrons. The molecular weight excluding hydrogens is 91.0 g/mol. The molecule has 0 heterocycles. The molecule has 0 spiro atoms. The first-order valence-corrected chi connectivity index (χ1v) is 2.32. The Kier molecular flexibility index (Phi) is 3.69. The third kappa shape index (κ3) is 2.21. The van der Waals surface area contributed by atoms with Gasteiger partial charge in [-0.15, -0.1) is 0 Å². The van der Waals surface area contributed by atoms with Crippen molar-refractivity contribution in [3.05, 3.63) is 35.9 Å². The van der Waals surface area contributed by atoms with E-state index in [0.29, 0.717) is 0 Å². The third-order valence-corrected chi connectivity index (χ3v) is 0.885. The Labute approximate surface area is 62.1 Å². The van der Waals surface area contributed by atoms with Gasteiger partial charge in [0.15, 0.2) is 0 Å². The minimum absolute atomic E-state index is 0. The molecule has 0 saturated heterocycles. The Hall–Kier alpha value is -0.183. The van der Waals surface area contributed by atoms with Crippen molar-refractivity contribution in [1.82, 2.24) is 0 Å². The van der Waals surface area contributed by atoms with Gasteiger partial charge in [-0.2, -0.15) is 0 Å². The fourth-order valence-corrected chi connectivity index (χ4v) is 0.470. The average molecular weight is 99.1 g/mol. The summed E-state index contributed by atoms with van der Waals surface area (Å²) in [7, 11) is 0. The van der Waals surface area contributed by atoms with E-state index < -0.39 is 0 Å². The third-order valence-electron chi connectivity index (χ3n) is 0.885. The molecule has 0 fully saturated rings. The van der Waals surface area contributed by atoms with E-state index in [0.717, 1.165) is 0 Å². The van der Waals surface area contributed by atoms with Crippen molar-refractivity contribution < 1.29 is 0 Å². The Morgan fingerprint density at radius 3 is 2.00 bits per heavy atom. The summed E-state index contributed by atoms with van der Waals surface area (Å²) in [5.41, 5.74) is 1.29. The second-order valence-electron chi connectivity index (χ2n) is 1.58. The van der Waals surface area contributed by atoms with E-state index in [1.165, 1.54) is 5.56 Å². The first kappa shape index (κ1) is 7.82. The summed E-state index contributed by atoms with van der Waals surface area (Å²) in [4.78, 5) is 0. The van der Waals surface area contributed by atoms with Gasteiger partial charge in [-0.3, -0.25) is 0 Å². The first-order valence-electron chi connectivity index (χ1n) is 2.32. The van der Waals surface area contributed by atoms with Crippen molar-refractivity contribution >= 4 is 18.9 Å². The summed E-state index contributed by atoms with van der Waals surface area (Å²) in [6, 6.07) is 10.8. The van der Waals surface area contributed by atoms with Gasteiger partial charge in [0, 0.05) is 0 Å². The molecule has 1 heteroatoms. The topological polar surface area (TPSA) is 0 Å². The maximum atomic E-state index is 2.93. The van der Waals surface area contributed by atoms with E-state index >= 15 is 0 Å². The molecule has 0 nitrogen and oxygen atoms in total. The zero-order chi connectivity index (χ0) is 5.11. The second-order valence-corrected chi connectivity index (χ2v) is 1.58. The second kappa shape index (κ2) is 3.78. The van der Waals surface area contributed by atoms with Crippen molar-refractivity contribution in [2.24, 2.45) is 0 Å². The van der Waals surface area contributed by atoms with Crippen molar-refractivity contribution in [3.8, 4) is 0 Å². The van der Waals surface area contributed by atoms with Crippen LogP contribution in [0.2, 0.25) is 0 Å².